The number of fused-ring (bicyclic) bond motifs is 3. The van der Waals surface area contributed by atoms with Crippen LogP contribution in [0.25, 0.3) is 37.3 Å². The molecule has 1 nitrogen and oxygen atoms in total. The van der Waals surface area contributed by atoms with Crippen LogP contribution in [0.15, 0.2) is 85.0 Å². The van der Waals surface area contributed by atoms with Crippen molar-refractivity contribution in [2.24, 2.45) is 0 Å². The van der Waals surface area contributed by atoms with E-state index in [1.807, 2.05) is 0 Å². The van der Waals surface area contributed by atoms with Crippen molar-refractivity contribution >= 4 is 48.7 Å². The molecule has 0 saturated heterocycles. The molecule has 0 fully saturated rings. The van der Waals surface area contributed by atoms with Gasteiger partial charge in [-0.15, -0.1) is 11.3 Å². The van der Waals surface area contributed by atoms with Gasteiger partial charge in [-0.05, 0) is 70.6 Å². The number of rotatable bonds is 5. The molecule has 0 bridgehead atoms. The lowest BCUT2D eigenvalue weighted by Crippen LogP contribution is -1.98. The molecule has 0 saturated carbocycles. The van der Waals surface area contributed by atoms with Crippen LogP contribution in [0, 0.1) is 6.92 Å². The number of hydrogen-bond donors (Lipinski definition) is 0. The Bertz CT molecular complexity index is 1480. The normalized spacial score (nSPS) is 13.5. The molecule has 0 radical (unpaired) electrons. The van der Waals surface area contributed by atoms with E-state index in [4.69, 9.17) is 4.98 Å². The third-order valence-corrected chi connectivity index (χ3v) is 7.63. The molecular weight excluding hydrogens is 418 g/mol. The molecule has 0 amide bonds. The second kappa shape index (κ2) is 8.96. The highest BCUT2D eigenvalue weighted by atomic mass is 32.1. The highest BCUT2D eigenvalue weighted by Crippen LogP contribution is 2.38. The minimum Gasteiger partial charge on any atom is -0.236 e. The van der Waals surface area contributed by atoms with Gasteiger partial charge in [-0.2, -0.15) is 0 Å². The highest BCUT2D eigenvalue weighted by molar-refractivity contribution is 7.19. The third-order valence-electron chi connectivity index (χ3n) is 6.56. The Morgan fingerprint density at radius 1 is 0.939 bits per heavy atom. The van der Waals surface area contributed by atoms with Crippen molar-refractivity contribution in [1.29, 1.82) is 0 Å². The Balaban J connectivity index is 1.60. The quantitative estimate of drug-likeness (QED) is 0.193. The van der Waals surface area contributed by atoms with E-state index in [1.54, 1.807) is 11.3 Å². The molecule has 0 spiro atoms. The predicted octanol–water partition coefficient (Wildman–Crippen LogP) is 9.24. The van der Waals surface area contributed by atoms with E-state index in [0.29, 0.717) is 0 Å². The summed E-state index contributed by atoms with van der Waals surface area (Å²) in [6.07, 6.45) is 7.80. The molecule has 1 heterocycles. The van der Waals surface area contributed by atoms with Crippen molar-refractivity contribution in [2.75, 3.05) is 0 Å². The van der Waals surface area contributed by atoms with E-state index in [0.717, 1.165) is 16.9 Å². The minimum atomic E-state index is 0.275. The van der Waals surface area contributed by atoms with Gasteiger partial charge in [0.15, 0.2) is 0 Å². The molecule has 0 N–H and O–H groups in total. The van der Waals surface area contributed by atoms with Crippen LogP contribution < -0.4 is 0 Å². The van der Waals surface area contributed by atoms with E-state index in [-0.39, 0.29) is 5.92 Å². The van der Waals surface area contributed by atoms with Gasteiger partial charge in [-0.25, -0.2) is 4.98 Å². The summed E-state index contributed by atoms with van der Waals surface area (Å²) in [6, 6.07) is 24.3. The zero-order valence-corrected chi connectivity index (χ0v) is 20.5. The Morgan fingerprint density at radius 2 is 1.58 bits per heavy atom. The summed E-state index contributed by atoms with van der Waals surface area (Å²) in [6.45, 7) is 8.80. The van der Waals surface area contributed by atoms with Crippen LogP contribution in [0.2, 0.25) is 0 Å². The summed E-state index contributed by atoms with van der Waals surface area (Å²) in [5, 5.41) is 6.56. The Morgan fingerprint density at radius 3 is 2.18 bits per heavy atom. The van der Waals surface area contributed by atoms with Crippen molar-refractivity contribution in [1.82, 2.24) is 4.98 Å². The van der Waals surface area contributed by atoms with Crippen molar-refractivity contribution in [3.05, 3.63) is 107 Å². The van der Waals surface area contributed by atoms with E-state index >= 15 is 0 Å². The van der Waals surface area contributed by atoms with Gasteiger partial charge < -0.3 is 0 Å². The Kier molecular flexibility index (Phi) is 5.86. The zero-order chi connectivity index (χ0) is 22.9. The minimum absolute atomic E-state index is 0.275. The first kappa shape index (κ1) is 21.6. The molecule has 2 heteroatoms. The number of allylic oxidation sites excluding steroid dienone is 4. The van der Waals surface area contributed by atoms with Crippen molar-refractivity contribution in [3.8, 4) is 0 Å². The van der Waals surface area contributed by atoms with E-state index in [2.05, 4.69) is 113 Å². The summed E-state index contributed by atoms with van der Waals surface area (Å²) in [7, 11) is 0. The number of nitrogens with zero attached hydrogens (tertiary/aromatic N) is 1. The fourth-order valence-corrected chi connectivity index (χ4v) is 6.03. The number of aromatic nitrogens is 1. The monoisotopic (exact) mass is 447 g/mol. The summed E-state index contributed by atoms with van der Waals surface area (Å²) in [5.41, 5.74) is 6.39. The molecule has 1 unspecified atom stereocenters. The molecular formula is C31H29NS. The van der Waals surface area contributed by atoms with Gasteiger partial charge in [0.25, 0.3) is 0 Å². The van der Waals surface area contributed by atoms with Crippen LogP contribution in [0.3, 0.4) is 0 Å². The van der Waals surface area contributed by atoms with Crippen LogP contribution in [-0.4, -0.2) is 4.98 Å². The van der Waals surface area contributed by atoms with Gasteiger partial charge in [0.2, 0.25) is 0 Å². The average molecular weight is 448 g/mol. The van der Waals surface area contributed by atoms with Crippen molar-refractivity contribution < 1.29 is 0 Å². The predicted molar refractivity (Wildman–Crippen MR) is 146 cm³/mol. The largest absolute Gasteiger partial charge is 0.236 e. The fraction of sp³-hybridized carbons (Fsp3) is 0.194. The van der Waals surface area contributed by atoms with Crippen LogP contribution in [0.1, 0.15) is 48.4 Å². The molecule has 33 heavy (non-hydrogen) atoms. The maximum Gasteiger partial charge on any atom is 0.124 e. The van der Waals surface area contributed by atoms with Crippen LogP contribution in [-0.2, 0) is 6.42 Å². The lowest BCUT2D eigenvalue weighted by molar-refractivity contribution is 0.991. The molecule has 164 valence electrons. The first-order valence-corrected chi connectivity index (χ1v) is 12.6. The molecule has 1 aromatic heterocycles. The smallest absolute Gasteiger partial charge is 0.124 e. The number of hydrogen-bond acceptors (Lipinski definition) is 2. The van der Waals surface area contributed by atoms with E-state index in [9.17, 15) is 0 Å². The second-order valence-corrected chi connectivity index (χ2v) is 9.75. The van der Waals surface area contributed by atoms with Gasteiger partial charge in [-0.3, -0.25) is 0 Å². The summed E-state index contributed by atoms with van der Waals surface area (Å²) >= 11 is 1.77. The maximum atomic E-state index is 4.90. The number of thiazole rings is 1. The van der Waals surface area contributed by atoms with Crippen LogP contribution >= 0.6 is 11.3 Å². The van der Waals surface area contributed by atoms with Gasteiger partial charge in [0.05, 0.1) is 10.2 Å². The average Bonchev–Trinajstić information content (AvgIpc) is 3.25. The topological polar surface area (TPSA) is 12.9 Å². The lowest BCUT2D eigenvalue weighted by atomic mass is 9.85. The molecule has 0 aliphatic heterocycles. The van der Waals surface area contributed by atoms with Gasteiger partial charge in [0, 0.05) is 11.5 Å². The molecule has 4 aromatic carbocycles. The van der Waals surface area contributed by atoms with Crippen molar-refractivity contribution in [2.45, 2.75) is 40.0 Å². The molecule has 0 aliphatic carbocycles. The SMILES string of the molecule is C/C=C(\C=C/C(C)c1c2ccccc2c(CC)c2ccccc12)c1nc2ccc(C)cc2s1. The summed E-state index contributed by atoms with van der Waals surface area (Å²) in [4.78, 5) is 4.90. The van der Waals surface area contributed by atoms with Gasteiger partial charge in [-0.1, -0.05) is 86.7 Å². The van der Waals surface area contributed by atoms with E-state index < -0.39 is 0 Å². The zero-order valence-electron chi connectivity index (χ0n) is 19.7. The Labute approximate surface area is 200 Å². The lowest BCUT2D eigenvalue weighted by Gasteiger charge is -2.19. The Hall–Kier alpha value is -3.23. The molecule has 5 rings (SSSR count). The van der Waals surface area contributed by atoms with Crippen LogP contribution in [0.4, 0.5) is 0 Å². The van der Waals surface area contributed by atoms with Gasteiger partial charge in [0.1, 0.15) is 5.01 Å². The molecule has 1 atom stereocenters. The van der Waals surface area contributed by atoms with Gasteiger partial charge >= 0.3 is 0 Å². The molecule has 5 aromatic rings. The third kappa shape index (κ3) is 3.89. The van der Waals surface area contributed by atoms with Crippen LogP contribution in [0.5, 0.6) is 0 Å². The second-order valence-electron chi connectivity index (χ2n) is 8.72. The fourth-order valence-electron chi connectivity index (χ4n) is 4.91. The molecule has 0 aliphatic rings. The number of aryl methyl sites for hydroxylation is 2. The summed E-state index contributed by atoms with van der Waals surface area (Å²) in [5.74, 6) is 0.275. The summed E-state index contributed by atoms with van der Waals surface area (Å²) < 4.78 is 1.25. The van der Waals surface area contributed by atoms with Crippen molar-refractivity contribution in [3.63, 3.8) is 0 Å². The van der Waals surface area contributed by atoms with E-state index in [1.165, 1.54) is 48.5 Å². The first-order chi connectivity index (χ1) is 16.1. The first-order valence-electron chi connectivity index (χ1n) is 11.7. The maximum absolute atomic E-state index is 4.90. The highest BCUT2D eigenvalue weighted by Gasteiger charge is 2.16. The standard InChI is InChI=1S/C31H29NS/c1-5-22(31-32-28-18-15-20(3)19-29(28)33-31)17-16-21(4)30-26-13-9-7-11-24(26)23(6-2)25-12-8-10-14-27(25)30/h5,7-19,21H,6H2,1-4H3/b17-16-,22-5+. The number of benzene rings is 4.